The van der Waals surface area contributed by atoms with Crippen LogP contribution in [0.25, 0.3) is 11.0 Å². The van der Waals surface area contributed by atoms with Crippen molar-refractivity contribution in [2.45, 2.75) is 43.1 Å². The Kier molecular flexibility index (Phi) is 6.32. The quantitative estimate of drug-likeness (QED) is 0.575. The van der Waals surface area contributed by atoms with Crippen LogP contribution in [-0.2, 0) is 9.53 Å². The van der Waals surface area contributed by atoms with Gasteiger partial charge in [-0.05, 0) is 25.0 Å². The number of imidazole rings is 1. The fraction of sp³-hybridized carbons (Fsp3) is 0.556. The van der Waals surface area contributed by atoms with Crippen LogP contribution in [0.2, 0.25) is 5.02 Å². The number of carbonyl (C=O) groups excluding carboxylic acids is 1. The Morgan fingerprint density at radius 3 is 2.92 bits per heavy atom. The molecule has 1 aliphatic rings. The first kappa shape index (κ1) is 19.3. The van der Waals surface area contributed by atoms with Crippen molar-refractivity contribution in [3.63, 3.8) is 0 Å². The third kappa shape index (κ3) is 3.94. The predicted molar refractivity (Wildman–Crippen MR) is 107 cm³/mol. The maximum Gasteiger partial charge on any atom is 0.329 e. The summed E-state index contributed by atoms with van der Waals surface area (Å²) in [6, 6.07) is 3.47. The van der Waals surface area contributed by atoms with Gasteiger partial charge in [0.05, 0.1) is 28.9 Å². The Bertz CT molecular complexity index is 778. The summed E-state index contributed by atoms with van der Waals surface area (Å²) in [7, 11) is 1.41. The molecule has 142 valence electrons. The van der Waals surface area contributed by atoms with Crippen molar-refractivity contribution in [1.29, 1.82) is 0 Å². The molecule has 1 atom stereocenters. The van der Waals surface area contributed by atoms with Gasteiger partial charge in [0.1, 0.15) is 6.04 Å². The molecule has 3 rings (SSSR count). The fourth-order valence-electron chi connectivity index (χ4n) is 3.22. The van der Waals surface area contributed by atoms with Crippen LogP contribution < -0.4 is 10.2 Å². The van der Waals surface area contributed by atoms with Crippen molar-refractivity contribution in [3.05, 3.63) is 17.2 Å². The summed E-state index contributed by atoms with van der Waals surface area (Å²) in [5.74, 6) is -0.264. The summed E-state index contributed by atoms with van der Waals surface area (Å²) in [6.45, 7) is 6.40. The first-order chi connectivity index (χ1) is 12.6. The van der Waals surface area contributed by atoms with Gasteiger partial charge in [-0.15, -0.1) is 0 Å². The van der Waals surface area contributed by atoms with Crippen LogP contribution in [-0.4, -0.2) is 54.0 Å². The predicted octanol–water partition coefficient (Wildman–Crippen LogP) is 3.45. The average Bonchev–Trinajstić information content (AvgIpc) is 3.05. The van der Waals surface area contributed by atoms with Crippen molar-refractivity contribution in [3.8, 4) is 0 Å². The lowest BCUT2D eigenvalue weighted by Gasteiger charge is -2.36. The molecule has 6 nitrogen and oxygen atoms in total. The first-order valence-electron chi connectivity index (χ1n) is 8.98. The Morgan fingerprint density at radius 2 is 2.23 bits per heavy atom. The molecule has 0 spiro atoms. The maximum absolute atomic E-state index is 12.1. The number of aromatic amines is 1. The van der Waals surface area contributed by atoms with E-state index in [1.54, 1.807) is 11.8 Å². The molecular formula is C18H25ClN4O2S. The summed E-state index contributed by atoms with van der Waals surface area (Å²) in [5.41, 5.74) is 2.60. The zero-order chi connectivity index (χ0) is 18.7. The number of benzene rings is 1. The number of piperazine rings is 1. The highest BCUT2D eigenvalue weighted by Crippen LogP contribution is 2.34. The van der Waals surface area contributed by atoms with Crippen molar-refractivity contribution < 1.29 is 9.53 Å². The van der Waals surface area contributed by atoms with Crippen LogP contribution in [0.3, 0.4) is 0 Å². The summed E-state index contributed by atoms with van der Waals surface area (Å²) in [5, 5.41) is 5.29. The number of ether oxygens (including phenoxy) is 1. The number of thioether (sulfide) groups is 1. The topological polar surface area (TPSA) is 70.2 Å². The van der Waals surface area contributed by atoms with E-state index in [1.807, 2.05) is 17.0 Å². The molecule has 1 aromatic heterocycles. The molecular weight excluding hydrogens is 372 g/mol. The van der Waals surface area contributed by atoms with Crippen LogP contribution in [0, 0.1) is 0 Å². The highest BCUT2D eigenvalue weighted by molar-refractivity contribution is 7.99. The molecule has 2 aromatic rings. The number of rotatable bonds is 6. The number of anilines is 1. The minimum absolute atomic E-state index is 0.264. The second kappa shape index (κ2) is 8.50. The van der Waals surface area contributed by atoms with Gasteiger partial charge in [-0.25, -0.2) is 9.78 Å². The number of nitrogens with zero attached hydrogens (tertiary/aromatic N) is 2. The lowest BCUT2D eigenvalue weighted by Crippen LogP contribution is -2.55. The number of hydrogen-bond donors (Lipinski definition) is 2. The SMILES string of the molecule is CCC(CC)Sc1nc2cc(N3CCNCC3C(=O)OC)c(Cl)cc2[nH]1. The Labute approximate surface area is 163 Å². The number of carbonyl (C=O) groups is 1. The Balaban J connectivity index is 1.93. The third-order valence-corrected chi connectivity index (χ3v) is 6.46. The molecule has 0 radical (unpaired) electrons. The van der Waals surface area contributed by atoms with Crippen molar-refractivity contribution in [2.24, 2.45) is 0 Å². The number of halogens is 1. The van der Waals surface area contributed by atoms with Crippen molar-refractivity contribution in [2.75, 3.05) is 31.6 Å². The van der Waals surface area contributed by atoms with Gasteiger partial charge < -0.3 is 19.9 Å². The molecule has 1 aromatic carbocycles. The molecule has 1 saturated heterocycles. The summed E-state index contributed by atoms with van der Waals surface area (Å²) < 4.78 is 4.95. The molecule has 26 heavy (non-hydrogen) atoms. The number of esters is 1. The van der Waals surface area contributed by atoms with Crippen LogP contribution in [0.5, 0.6) is 0 Å². The molecule has 0 amide bonds. The minimum atomic E-state index is -0.388. The van der Waals surface area contributed by atoms with Crippen LogP contribution in [0.15, 0.2) is 17.3 Å². The van der Waals surface area contributed by atoms with E-state index in [0.717, 1.165) is 41.3 Å². The summed E-state index contributed by atoms with van der Waals surface area (Å²) in [6.07, 6.45) is 2.21. The zero-order valence-corrected chi connectivity index (χ0v) is 16.9. The number of fused-ring (bicyclic) bond motifs is 1. The van der Waals surface area contributed by atoms with E-state index in [0.29, 0.717) is 23.4 Å². The van der Waals surface area contributed by atoms with Gasteiger partial charge in [0, 0.05) is 24.9 Å². The van der Waals surface area contributed by atoms with Gasteiger partial charge in [-0.3, -0.25) is 0 Å². The minimum Gasteiger partial charge on any atom is -0.467 e. The number of H-pyrrole nitrogens is 1. The van der Waals surface area contributed by atoms with Crippen LogP contribution in [0.4, 0.5) is 5.69 Å². The van der Waals surface area contributed by atoms with Gasteiger partial charge in [-0.1, -0.05) is 37.2 Å². The van der Waals surface area contributed by atoms with Gasteiger partial charge in [0.25, 0.3) is 0 Å². The van der Waals surface area contributed by atoms with E-state index in [9.17, 15) is 4.79 Å². The molecule has 0 bridgehead atoms. The molecule has 0 saturated carbocycles. The second-order valence-electron chi connectivity index (χ2n) is 6.36. The van der Waals surface area contributed by atoms with Crippen LogP contribution >= 0.6 is 23.4 Å². The Morgan fingerprint density at radius 1 is 1.46 bits per heavy atom. The van der Waals surface area contributed by atoms with E-state index in [4.69, 9.17) is 21.3 Å². The lowest BCUT2D eigenvalue weighted by molar-refractivity contribution is -0.142. The highest BCUT2D eigenvalue weighted by Gasteiger charge is 2.31. The second-order valence-corrected chi connectivity index (χ2v) is 8.05. The van der Waals surface area contributed by atoms with E-state index < -0.39 is 0 Å². The third-order valence-electron chi connectivity index (χ3n) is 4.74. The standard InChI is InChI=1S/C18H25ClN4O2S/c1-4-11(5-2)26-18-21-13-8-12(19)15(9-14(13)22-18)23-7-6-20-10-16(23)17(24)25-3/h8-9,11,16,20H,4-7,10H2,1-3H3,(H,21,22). The molecule has 2 heterocycles. The summed E-state index contributed by atoms with van der Waals surface area (Å²) >= 11 is 8.31. The van der Waals surface area contributed by atoms with Gasteiger partial charge in [-0.2, -0.15) is 0 Å². The monoisotopic (exact) mass is 396 g/mol. The molecule has 0 aliphatic carbocycles. The average molecular weight is 397 g/mol. The molecule has 1 aliphatic heterocycles. The van der Waals surface area contributed by atoms with E-state index in [-0.39, 0.29) is 12.0 Å². The largest absolute Gasteiger partial charge is 0.467 e. The smallest absolute Gasteiger partial charge is 0.329 e. The van der Waals surface area contributed by atoms with E-state index >= 15 is 0 Å². The lowest BCUT2D eigenvalue weighted by atomic mass is 10.1. The zero-order valence-electron chi connectivity index (χ0n) is 15.3. The number of nitrogens with one attached hydrogen (secondary N) is 2. The first-order valence-corrected chi connectivity index (χ1v) is 10.2. The van der Waals surface area contributed by atoms with E-state index in [2.05, 4.69) is 24.1 Å². The maximum atomic E-state index is 12.1. The molecule has 8 heteroatoms. The molecule has 1 fully saturated rings. The fourth-order valence-corrected chi connectivity index (χ4v) is 4.47. The van der Waals surface area contributed by atoms with E-state index in [1.165, 1.54) is 7.11 Å². The van der Waals surface area contributed by atoms with Gasteiger partial charge in [0.2, 0.25) is 0 Å². The van der Waals surface area contributed by atoms with Crippen molar-refractivity contribution in [1.82, 2.24) is 15.3 Å². The van der Waals surface area contributed by atoms with Crippen molar-refractivity contribution >= 4 is 46.1 Å². The van der Waals surface area contributed by atoms with Gasteiger partial charge >= 0.3 is 5.97 Å². The van der Waals surface area contributed by atoms with Gasteiger partial charge in [0.15, 0.2) is 5.16 Å². The summed E-state index contributed by atoms with van der Waals surface area (Å²) in [4.78, 5) is 22.2. The number of hydrogen-bond acceptors (Lipinski definition) is 6. The highest BCUT2D eigenvalue weighted by atomic mass is 35.5. The molecule has 1 unspecified atom stereocenters. The number of methoxy groups -OCH3 is 1. The normalized spacial score (nSPS) is 17.9. The number of aromatic nitrogens is 2. The van der Waals surface area contributed by atoms with Crippen LogP contribution in [0.1, 0.15) is 26.7 Å². The molecule has 2 N–H and O–H groups in total. The Hall–Kier alpha value is -1.44.